The standard InChI is InChI=1S/C18H22N4O/c1-12-17(11-22(21-12)16-5-3-2-4-6-16)18(23)20-15-9-13-7-8-14(10-15)19-13/h2-6,11,13-15,19H,7-10H2,1H3,(H,20,23). The highest BCUT2D eigenvalue weighted by atomic mass is 16.1. The van der Waals surface area contributed by atoms with Crippen molar-refractivity contribution in [1.29, 1.82) is 0 Å². The molecule has 5 heteroatoms. The first kappa shape index (κ1) is 14.5. The highest BCUT2D eigenvalue weighted by molar-refractivity contribution is 5.95. The SMILES string of the molecule is Cc1nn(-c2ccccc2)cc1C(=O)NC1CC2CCC(C1)N2. The van der Waals surface area contributed by atoms with Gasteiger partial charge in [-0.2, -0.15) is 5.10 Å². The summed E-state index contributed by atoms with van der Waals surface area (Å²) in [5, 5.41) is 11.3. The van der Waals surface area contributed by atoms with E-state index < -0.39 is 0 Å². The Morgan fingerprint density at radius 3 is 2.61 bits per heavy atom. The van der Waals surface area contributed by atoms with E-state index >= 15 is 0 Å². The van der Waals surface area contributed by atoms with E-state index in [1.54, 1.807) is 4.68 Å². The molecule has 0 spiro atoms. The third-order valence-electron chi connectivity index (χ3n) is 4.97. The second-order valence-electron chi connectivity index (χ2n) is 6.69. The lowest BCUT2D eigenvalue weighted by atomic mass is 9.99. The van der Waals surface area contributed by atoms with Crippen LogP contribution in [0.15, 0.2) is 36.5 Å². The first-order valence-electron chi connectivity index (χ1n) is 8.37. The third-order valence-corrected chi connectivity index (χ3v) is 4.97. The molecule has 3 heterocycles. The molecule has 1 aromatic carbocycles. The van der Waals surface area contributed by atoms with Crippen LogP contribution in [0.2, 0.25) is 0 Å². The molecule has 4 rings (SSSR count). The zero-order valence-corrected chi connectivity index (χ0v) is 13.3. The lowest BCUT2D eigenvalue weighted by molar-refractivity contribution is 0.0923. The van der Waals surface area contributed by atoms with Crippen LogP contribution >= 0.6 is 0 Å². The van der Waals surface area contributed by atoms with Gasteiger partial charge in [-0.15, -0.1) is 0 Å². The summed E-state index contributed by atoms with van der Waals surface area (Å²) in [4.78, 5) is 12.6. The number of aromatic nitrogens is 2. The van der Waals surface area contributed by atoms with Gasteiger partial charge >= 0.3 is 0 Å². The maximum atomic E-state index is 12.6. The Bertz CT molecular complexity index is 697. The highest BCUT2D eigenvalue weighted by Gasteiger charge is 2.34. The van der Waals surface area contributed by atoms with Crippen molar-refractivity contribution in [2.45, 2.75) is 50.7 Å². The van der Waals surface area contributed by atoms with Crippen LogP contribution in [0.3, 0.4) is 0 Å². The van der Waals surface area contributed by atoms with Crippen molar-refractivity contribution in [2.75, 3.05) is 0 Å². The Morgan fingerprint density at radius 1 is 1.22 bits per heavy atom. The molecule has 120 valence electrons. The number of nitrogens with zero attached hydrogens (tertiary/aromatic N) is 2. The van der Waals surface area contributed by atoms with E-state index in [0.29, 0.717) is 17.6 Å². The molecule has 1 amide bonds. The smallest absolute Gasteiger partial charge is 0.254 e. The van der Waals surface area contributed by atoms with Gasteiger partial charge in [0.25, 0.3) is 5.91 Å². The van der Waals surface area contributed by atoms with Crippen molar-refractivity contribution < 1.29 is 4.79 Å². The number of carbonyl (C=O) groups is 1. The maximum absolute atomic E-state index is 12.6. The zero-order valence-electron chi connectivity index (χ0n) is 13.3. The molecular formula is C18H22N4O. The van der Waals surface area contributed by atoms with Crippen molar-refractivity contribution in [3.63, 3.8) is 0 Å². The van der Waals surface area contributed by atoms with Crippen LogP contribution in [0, 0.1) is 6.92 Å². The minimum Gasteiger partial charge on any atom is -0.349 e. The van der Waals surface area contributed by atoms with Crippen LogP contribution in [-0.2, 0) is 0 Å². The summed E-state index contributed by atoms with van der Waals surface area (Å²) in [7, 11) is 0. The van der Waals surface area contributed by atoms with Gasteiger partial charge < -0.3 is 10.6 Å². The lowest BCUT2D eigenvalue weighted by Gasteiger charge is -2.29. The van der Waals surface area contributed by atoms with Gasteiger partial charge in [-0.3, -0.25) is 4.79 Å². The molecule has 2 bridgehead atoms. The van der Waals surface area contributed by atoms with Crippen molar-refractivity contribution >= 4 is 5.91 Å². The van der Waals surface area contributed by atoms with Crippen molar-refractivity contribution in [3.8, 4) is 5.69 Å². The average Bonchev–Trinajstić information content (AvgIpc) is 3.11. The minimum atomic E-state index is -0.00372. The molecule has 2 unspecified atom stereocenters. The maximum Gasteiger partial charge on any atom is 0.254 e. The molecule has 2 fully saturated rings. The number of hydrogen-bond donors (Lipinski definition) is 2. The summed E-state index contributed by atoms with van der Waals surface area (Å²) in [6.45, 7) is 1.89. The van der Waals surface area contributed by atoms with Gasteiger partial charge in [0.2, 0.25) is 0 Å². The van der Waals surface area contributed by atoms with E-state index in [4.69, 9.17) is 0 Å². The van der Waals surface area contributed by atoms with Crippen molar-refractivity contribution in [1.82, 2.24) is 20.4 Å². The fourth-order valence-corrected chi connectivity index (χ4v) is 3.83. The number of rotatable bonds is 3. The molecule has 2 aliphatic heterocycles. The lowest BCUT2D eigenvalue weighted by Crippen LogP contribution is -2.48. The molecule has 5 nitrogen and oxygen atoms in total. The van der Waals surface area contributed by atoms with Gasteiger partial charge in [0, 0.05) is 24.3 Å². The Hall–Kier alpha value is -2.14. The van der Waals surface area contributed by atoms with Crippen LogP contribution in [-0.4, -0.2) is 33.8 Å². The monoisotopic (exact) mass is 310 g/mol. The number of benzene rings is 1. The van der Waals surface area contributed by atoms with E-state index in [2.05, 4.69) is 15.7 Å². The Balaban J connectivity index is 1.49. The quantitative estimate of drug-likeness (QED) is 0.913. The van der Waals surface area contributed by atoms with Gasteiger partial charge in [0.15, 0.2) is 0 Å². The number of para-hydroxylation sites is 1. The van der Waals surface area contributed by atoms with Gasteiger partial charge in [0.1, 0.15) is 0 Å². The highest BCUT2D eigenvalue weighted by Crippen LogP contribution is 2.27. The predicted octanol–water partition coefficient (Wildman–Crippen LogP) is 2.19. The molecule has 2 aromatic rings. The normalized spacial score (nSPS) is 26.2. The molecule has 2 atom stereocenters. The van der Waals surface area contributed by atoms with Gasteiger partial charge in [0.05, 0.1) is 16.9 Å². The molecule has 2 aliphatic rings. The predicted molar refractivity (Wildman–Crippen MR) is 88.7 cm³/mol. The van der Waals surface area contributed by atoms with Crippen molar-refractivity contribution in [2.24, 2.45) is 0 Å². The minimum absolute atomic E-state index is 0.00372. The fourth-order valence-electron chi connectivity index (χ4n) is 3.83. The number of amides is 1. The van der Waals surface area contributed by atoms with E-state index in [1.165, 1.54) is 12.8 Å². The molecule has 2 saturated heterocycles. The van der Waals surface area contributed by atoms with Crippen LogP contribution in [0.1, 0.15) is 41.7 Å². The number of carbonyl (C=O) groups excluding carboxylic acids is 1. The Morgan fingerprint density at radius 2 is 1.91 bits per heavy atom. The van der Waals surface area contributed by atoms with Crippen LogP contribution in [0.5, 0.6) is 0 Å². The summed E-state index contributed by atoms with van der Waals surface area (Å²) in [5.74, 6) is -0.00372. The van der Waals surface area contributed by atoms with E-state index in [9.17, 15) is 4.79 Å². The molecule has 0 saturated carbocycles. The first-order valence-corrected chi connectivity index (χ1v) is 8.37. The summed E-state index contributed by atoms with van der Waals surface area (Å²) < 4.78 is 1.77. The zero-order chi connectivity index (χ0) is 15.8. The molecule has 0 aliphatic carbocycles. The summed E-state index contributed by atoms with van der Waals surface area (Å²) in [6.07, 6.45) is 6.38. The van der Waals surface area contributed by atoms with E-state index in [-0.39, 0.29) is 11.9 Å². The molecule has 0 radical (unpaired) electrons. The molecule has 2 N–H and O–H groups in total. The molecule has 23 heavy (non-hydrogen) atoms. The number of nitrogens with one attached hydrogen (secondary N) is 2. The summed E-state index contributed by atoms with van der Waals surface area (Å²) >= 11 is 0. The molecular weight excluding hydrogens is 288 g/mol. The van der Waals surface area contributed by atoms with Crippen LogP contribution in [0.25, 0.3) is 5.69 Å². The molecule has 1 aromatic heterocycles. The second-order valence-corrected chi connectivity index (χ2v) is 6.69. The fraction of sp³-hybridized carbons (Fsp3) is 0.444. The topological polar surface area (TPSA) is 59.0 Å². The first-order chi connectivity index (χ1) is 11.2. The number of piperidine rings is 1. The van der Waals surface area contributed by atoms with Crippen molar-refractivity contribution in [3.05, 3.63) is 47.8 Å². The third kappa shape index (κ3) is 2.88. The number of hydrogen-bond acceptors (Lipinski definition) is 3. The van der Waals surface area contributed by atoms with Gasteiger partial charge in [-0.05, 0) is 44.7 Å². The van der Waals surface area contributed by atoms with Gasteiger partial charge in [-0.1, -0.05) is 18.2 Å². The average molecular weight is 310 g/mol. The number of aryl methyl sites for hydroxylation is 1. The summed E-state index contributed by atoms with van der Waals surface area (Å²) in [6, 6.07) is 11.3. The van der Waals surface area contributed by atoms with Gasteiger partial charge in [-0.25, -0.2) is 4.68 Å². The summed E-state index contributed by atoms with van der Waals surface area (Å²) in [5.41, 5.74) is 2.40. The largest absolute Gasteiger partial charge is 0.349 e. The Labute approximate surface area is 136 Å². The van der Waals surface area contributed by atoms with E-state index in [0.717, 1.165) is 24.2 Å². The van der Waals surface area contributed by atoms with Crippen LogP contribution in [0.4, 0.5) is 0 Å². The number of fused-ring (bicyclic) bond motifs is 2. The van der Waals surface area contributed by atoms with E-state index in [1.807, 2.05) is 43.5 Å². The Kier molecular flexibility index (Phi) is 3.65. The second kappa shape index (κ2) is 5.81. The van der Waals surface area contributed by atoms with Crippen LogP contribution < -0.4 is 10.6 Å².